The Morgan fingerprint density at radius 1 is 0.558 bits per heavy atom. The summed E-state index contributed by atoms with van der Waals surface area (Å²) in [6.45, 7) is 35.6. The Morgan fingerprint density at radius 3 is 1.49 bits per heavy atom. The van der Waals surface area contributed by atoms with E-state index in [0.29, 0.717) is 0 Å². The van der Waals surface area contributed by atoms with Crippen LogP contribution < -0.4 is 26.6 Å². The molecular weight excluding hydrogens is 1230 g/mol. The number of thioether (sulfide) groups is 1. The fourth-order valence-corrected chi connectivity index (χ4v) is 13.8. The zero-order valence-electron chi connectivity index (χ0n) is 63.2. The first-order valence-electron chi connectivity index (χ1n) is 34.7. The molecule has 0 aromatic heterocycles. The van der Waals surface area contributed by atoms with Crippen LogP contribution in [0.25, 0.3) is 0 Å². The number of nitrogens with zero attached hydrogens (tertiary/aromatic N) is 7. The normalized spacial score (nSPS) is 26.8. The van der Waals surface area contributed by atoms with Gasteiger partial charge in [-0.15, -0.1) is 11.8 Å². The smallest absolute Gasteiger partial charge is 0.259 e. The molecule has 11 amide bonds. The number of rotatable bonds is 22. The molecular formula is C70H128N12O12S. The average Bonchev–Trinajstić information content (AvgIpc) is 0.755. The Morgan fingerprint density at radius 2 is 1.02 bits per heavy atom. The van der Waals surface area contributed by atoms with Crippen LogP contribution in [0.2, 0.25) is 0 Å². The van der Waals surface area contributed by atoms with Gasteiger partial charge in [0, 0.05) is 55.4 Å². The van der Waals surface area contributed by atoms with Gasteiger partial charge in [0.05, 0.1) is 18.0 Å². The highest BCUT2D eigenvalue weighted by atomic mass is 32.2. The standard InChI is InChI=1S/C70H128N12O12S/c1-28-31-33-46(16)59(84)58-63(88)74-51(30-3)65(90)76(21)39-56(83)77(22)52(35-40(4)5)62(87)75-57(44(12)13)68(93)78(23)53(36-41(6)7)61(86)72-48(18)60(85)73-49(19)64(89)79(24)54(37-42(8)9)66(91)80(25)55(38-43(10)11)67(92)82(27)70(45(14)15,69(94)81(58)26)95-50(20)71-47(17)34-32-29-2/h28,31,40-55,57-59,71,84H,29-30,32-39H2,1-27H3,(H,72,86)(H,73,85)(H,74,88)(H,75,87)/b31-28+/t46-,47?,48+,49-,50?,51+,52+,53+,54+,55+,57+,58+,59-,70+/m1/s1. The Labute approximate surface area is 575 Å². The molecule has 1 aliphatic heterocycles. The zero-order chi connectivity index (χ0) is 73.6. The summed E-state index contributed by atoms with van der Waals surface area (Å²) in [6, 6.07) is -11.4. The highest BCUT2D eigenvalue weighted by Crippen LogP contribution is 2.42. The lowest BCUT2D eigenvalue weighted by molar-refractivity contribution is -0.159. The first kappa shape index (κ1) is 87.2. The van der Waals surface area contributed by atoms with E-state index in [0.717, 1.165) is 29.1 Å². The maximum Gasteiger partial charge on any atom is 0.259 e. The SMILES string of the molecule is C/C=C/C[C@@H](C)[C@@H](O)[C@H]1C(=O)N[C@@H](CC)C(=O)N(C)CC(=O)N(C)[C@@H](CC(C)C)C(=O)N[C@@H](C(C)C)C(=O)N(C)[C@@H](CC(C)C)C(=O)N[C@@H](C)C(=O)N[C@H](C)C(=O)N(C)[C@@H](CC(C)C)C(=O)N(C)[C@@H](CC(C)C)C(=O)N(C)[C@](SC(C)NC(C)CCCC)(C(C)C)C(=O)N1C. The van der Waals surface area contributed by atoms with Gasteiger partial charge in [0.2, 0.25) is 59.1 Å². The van der Waals surface area contributed by atoms with Gasteiger partial charge < -0.3 is 66.0 Å². The van der Waals surface area contributed by atoms with Crippen LogP contribution in [0.4, 0.5) is 0 Å². The van der Waals surface area contributed by atoms with Crippen LogP contribution in [-0.4, -0.2) is 237 Å². The molecule has 0 aromatic carbocycles. The predicted molar refractivity (Wildman–Crippen MR) is 377 cm³/mol. The van der Waals surface area contributed by atoms with Crippen molar-refractivity contribution in [1.29, 1.82) is 0 Å². The number of likely N-dealkylation sites (N-methyl/N-ethyl adjacent to an activating group) is 7. The van der Waals surface area contributed by atoms with Gasteiger partial charge in [-0.2, -0.15) is 0 Å². The molecule has 1 rings (SSSR count). The number of unbranched alkanes of at least 4 members (excludes halogenated alkanes) is 1. The van der Waals surface area contributed by atoms with Crippen molar-refractivity contribution < 1.29 is 57.8 Å². The summed E-state index contributed by atoms with van der Waals surface area (Å²) in [5.41, 5.74) is 0. The number of aliphatic hydroxyl groups excluding tert-OH is 1. The van der Waals surface area contributed by atoms with Crippen LogP contribution in [0, 0.1) is 41.4 Å². The van der Waals surface area contributed by atoms with Crippen LogP contribution in [0.5, 0.6) is 0 Å². The number of carbonyl (C=O) groups is 11. The first-order valence-corrected chi connectivity index (χ1v) is 35.6. The minimum absolute atomic E-state index is 0.00557. The Bertz CT molecular complexity index is 2590. The van der Waals surface area contributed by atoms with E-state index < -0.39 is 160 Å². The predicted octanol–water partition coefficient (Wildman–Crippen LogP) is 5.84. The van der Waals surface area contributed by atoms with Crippen LogP contribution in [0.15, 0.2) is 12.2 Å². The molecule has 0 radical (unpaired) electrons. The summed E-state index contributed by atoms with van der Waals surface area (Å²) in [4.78, 5) is 171. The van der Waals surface area contributed by atoms with Gasteiger partial charge in [0.15, 0.2) is 4.87 Å². The van der Waals surface area contributed by atoms with Gasteiger partial charge in [0.25, 0.3) is 5.91 Å². The zero-order valence-corrected chi connectivity index (χ0v) is 64.0. The third-order valence-electron chi connectivity index (χ3n) is 18.2. The lowest BCUT2D eigenvalue weighted by atomic mass is 9.91. The molecule has 24 nitrogen and oxygen atoms in total. The monoisotopic (exact) mass is 1360 g/mol. The van der Waals surface area contributed by atoms with Gasteiger partial charge in [-0.3, -0.25) is 52.7 Å². The molecule has 0 spiro atoms. The molecule has 1 saturated heterocycles. The van der Waals surface area contributed by atoms with Crippen LogP contribution in [0.1, 0.15) is 196 Å². The Balaban J connectivity index is 4.65. The van der Waals surface area contributed by atoms with E-state index in [4.69, 9.17) is 0 Å². The topological polar surface area (TPSA) is 291 Å². The van der Waals surface area contributed by atoms with Crippen LogP contribution in [0.3, 0.4) is 0 Å². The maximum atomic E-state index is 16.4. The van der Waals surface area contributed by atoms with Crippen molar-refractivity contribution in [3.8, 4) is 0 Å². The second-order valence-corrected chi connectivity index (χ2v) is 30.7. The number of aliphatic hydroxyl groups is 1. The third-order valence-corrected chi connectivity index (χ3v) is 20.0. The van der Waals surface area contributed by atoms with Gasteiger partial charge in [0.1, 0.15) is 54.4 Å². The summed E-state index contributed by atoms with van der Waals surface area (Å²) in [5.74, 6) is -10.1. The average molecular weight is 1360 g/mol. The number of amides is 11. The quantitative estimate of drug-likeness (QED) is 0.0548. The third kappa shape index (κ3) is 24.6. The van der Waals surface area contributed by atoms with Crippen molar-refractivity contribution >= 4 is 76.7 Å². The van der Waals surface area contributed by atoms with E-state index in [2.05, 4.69) is 33.5 Å². The fraction of sp³-hybridized carbons (Fsp3) is 0.814. The molecule has 1 fully saturated rings. The number of carbonyl (C=O) groups excluding carboxylic acids is 11. The molecule has 0 bridgehead atoms. The van der Waals surface area contributed by atoms with Crippen molar-refractivity contribution in [3.05, 3.63) is 12.2 Å². The summed E-state index contributed by atoms with van der Waals surface area (Å²) < 4.78 is 0. The summed E-state index contributed by atoms with van der Waals surface area (Å²) in [5, 5.41) is 26.8. The minimum atomic E-state index is -1.88. The molecule has 14 atom stereocenters. The molecule has 0 aromatic rings. The molecule has 0 saturated carbocycles. The molecule has 6 N–H and O–H groups in total. The highest BCUT2D eigenvalue weighted by molar-refractivity contribution is 8.01. The van der Waals surface area contributed by atoms with Crippen molar-refractivity contribution in [1.82, 2.24) is 60.9 Å². The Hall–Kier alpha value is -5.82. The molecule has 95 heavy (non-hydrogen) atoms. The Kier molecular flexibility index (Phi) is 36.9. The molecule has 25 heteroatoms. The van der Waals surface area contributed by atoms with E-state index in [-0.39, 0.29) is 68.2 Å². The van der Waals surface area contributed by atoms with E-state index >= 15 is 19.2 Å². The summed E-state index contributed by atoms with van der Waals surface area (Å²) in [6.07, 6.45) is 5.60. The van der Waals surface area contributed by atoms with Crippen molar-refractivity contribution in [2.45, 2.75) is 273 Å². The maximum absolute atomic E-state index is 16.4. The molecule has 2 unspecified atom stereocenters. The number of allylic oxidation sites excluding steroid dienone is 2. The second kappa shape index (κ2) is 40.2. The van der Waals surface area contributed by atoms with Gasteiger partial charge in [-0.25, -0.2) is 0 Å². The number of hydrogen-bond acceptors (Lipinski definition) is 14. The van der Waals surface area contributed by atoms with E-state index in [1.54, 1.807) is 47.6 Å². The number of nitrogens with one attached hydrogen (secondary N) is 5. The van der Waals surface area contributed by atoms with E-state index in [1.807, 2.05) is 82.2 Å². The fourth-order valence-electron chi connectivity index (χ4n) is 12.2. The lowest BCUT2D eigenvalue weighted by Gasteiger charge is -2.49. The van der Waals surface area contributed by atoms with Gasteiger partial charge >= 0.3 is 0 Å². The first-order chi connectivity index (χ1) is 43.9. The molecule has 0 aliphatic carbocycles. The molecule has 546 valence electrons. The van der Waals surface area contributed by atoms with Gasteiger partial charge in [-0.1, -0.05) is 129 Å². The second-order valence-electron chi connectivity index (χ2n) is 29.1. The minimum Gasteiger partial charge on any atom is -0.390 e. The largest absolute Gasteiger partial charge is 0.390 e. The molecule has 1 aliphatic rings. The van der Waals surface area contributed by atoms with E-state index in [1.165, 1.54) is 99.4 Å². The summed E-state index contributed by atoms with van der Waals surface area (Å²) >= 11 is 1.17. The van der Waals surface area contributed by atoms with Crippen molar-refractivity contribution in [2.24, 2.45) is 41.4 Å². The van der Waals surface area contributed by atoms with Crippen LogP contribution >= 0.6 is 11.8 Å². The van der Waals surface area contributed by atoms with Crippen molar-refractivity contribution in [2.75, 3.05) is 55.9 Å². The summed E-state index contributed by atoms with van der Waals surface area (Å²) in [7, 11) is 10.1. The van der Waals surface area contributed by atoms with Gasteiger partial charge in [-0.05, 0) is 121 Å². The number of hydrogen-bond donors (Lipinski definition) is 6. The highest BCUT2D eigenvalue weighted by Gasteiger charge is 2.55. The van der Waals surface area contributed by atoms with E-state index in [9.17, 15) is 38.7 Å². The van der Waals surface area contributed by atoms with Crippen molar-refractivity contribution in [3.63, 3.8) is 0 Å². The molecule has 1 heterocycles. The lowest BCUT2D eigenvalue weighted by Crippen LogP contribution is -2.68. The van der Waals surface area contributed by atoms with Crippen LogP contribution in [-0.2, 0) is 52.7 Å².